The largest absolute Gasteiger partial charge is 0.381 e. The van der Waals surface area contributed by atoms with Gasteiger partial charge in [0.1, 0.15) is 0 Å². The van der Waals surface area contributed by atoms with E-state index in [-0.39, 0.29) is 0 Å². The van der Waals surface area contributed by atoms with E-state index in [9.17, 15) is 0 Å². The fraction of sp³-hybridized carbons (Fsp3) is 0.600. The van der Waals surface area contributed by atoms with Crippen molar-refractivity contribution in [3.63, 3.8) is 0 Å². The average Bonchev–Trinajstić information content (AvgIpc) is 2.35. The molecule has 1 fully saturated rings. The number of nitrogens with one attached hydrogen (secondary N) is 1. The van der Waals surface area contributed by atoms with Crippen LogP contribution in [0.25, 0.3) is 0 Å². The summed E-state index contributed by atoms with van der Waals surface area (Å²) in [5.41, 5.74) is 1.11. The summed E-state index contributed by atoms with van der Waals surface area (Å²) in [5.74, 6) is 0.451. The van der Waals surface area contributed by atoms with E-state index in [2.05, 4.69) is 19.2 Å². The lowest BCUT2D eigenvalue weighted by atomic mass is 9.89. The van der Waals surface area contributed by atoms with E-state index in [0.29, 0.717) is 18.0 Å². The number of halogens is 2. The third-order valence-corrected chi connectivity index (χ3v) is 4.12. The van der Waals surface area contributed by atoms with Crippen LogP contribution in [-0.4, -0.2) is 25.3 Å². The number of rotatable bonds is 4. The molecule has 0 bridgehead atoms. The van der Waals surface area contributed by atoms with Gasteiger partial charge >= 0.3 is 0 Å². The first-order valence-electron chi connectivity index (χ1n) is 6.84. The Bertz CT molecular complexity index is 423. The summed E-state index contributed by atoms with van der Waals surface area (Å²) in [6, 6.07) is 6.64. The molecular weight excluding hydrogens is 281 g/mol. The molecule has 0 aromatic heterocycles. The lowest BCUT2D eigenvalue weighted by Gasteiger charge is -2.34. The highest BCUT2D eigenvalue weighted by molar-refractivity contribution is 6.33. The molecular formula is C15H21Cl2NO. The summed E-state index contributed by atoms with van der Waals surface area (Å²) in [7, 11) is 0. The summed E-state index contributed by atoms with van der Waals surface area (Å²) in [6.45, 7) is 5.98. The van der Waals surface area contributed by atoms with Crippen LogP contribution in [0.2, 0.25) is 10.0 Å². The van der Waals surface area contributed by atoms with E-state index in [1.165, 1.54) is 0 Å². The van der Waals surface area contributed by atoms with Crippen molar-refractivity contribution in [1.82, 2.24) is 5.32 Å². The van der Waals surface area contributed by atoms with E-state index in [4.69, 9.17) is 27.9 Å². The monoisotopic (exact) mass is 301 g/mol. The van der Waals surface area contributed by atoms with Crippen LogP contribution in [0.15, 0.2) is 18.2 Å². The Hall–Kier alpha value is -0.280. The zero-order chi connectivity index (χ0) is 13.8. The van der Waals surface area contributed by atoms with Crippen molar-refractivity contribution in [3.05, 3.63) is 33.8 Å². The fourth-order valence-corrected chi connectivity index (χ4v) is 3.02. The molecule has 4 heteroatoms. The summed E-state index contributed by atoms with van der Waals surface area (Å²) < 4.78 is 5.62. The third kappa shape index (κ3) is 4.35. The van der Waals surface area contributed by atoms with Crippen LogP contribution in [0.3, 0.4) is 0 Å². The van der Waals surface area contributed by atoms with Gasteiger partial charge in [-0.1, -0.05) is 37.0 Å². The molecule has 1 aromatic carbocycles. The third-order valence-electron chi connectivity index (χ3n) is 3.51. The van der Waals surface area contributed by atoms with Gasteiger partial charge in [-0.2, -0.15) is 0 Å². The van der Waals surface area contributed by atoms with Crippen molar-refractivity contribution in [2.24, 2.45) is 5.92 Å². The molecule has 2 atom stereocenters. The molecule has 0 radical (unpaired) electrons. The SMILES string of the molecule is CC(C)N[C@H]1CCOC[C@@H]1Cc1cc(Cl)ccc1Cl. The highest BCUT2D eigenvalue weighted by atomic mass is 35.5. The predicted octanol–water partition coefficient (Wildman–Crippen LogP) is 3.94. The number of benzene rings is 1. The Labute approximate surface area is 125 Å². The molecule has 19 heavy (non-hydrogen) atoms. The summed E-state index contributed by atoms with van der Waals surface area (Å²) in [5, 5.41) is 5.16. The van der Waals surface area contributed by atoms with E-state index >= 15 is 0 Å². The summed E-state index contributed by atoms with van der Waals surface area (Å²) in [6.07, 6.45) is 1.96. The van der Waals surface area contributed by atoms with Crippen molar-refractivity contribution in [2.45, 2.75) is 38.8 Å². The molecule has 0 saturated carbocycles. The molecule has 0 aliphatic carbocycles. The minimum absolute atomic E-state index is 0.451. The first-order valence-corrected chi connectivity index (χ1v) is 7.59. The summed E-state index contributed by atoms with van der Waals surface area (Å²) >= 11 is 12.3. The molecule has 1 aliphatic heterocycles. The van der Waals surface area contributed by atoms with Gasteiger partial charge in [0.2, 0.25) is 0 Å². The fourth-order valence-electron chi connectivity index (χ4n) is 2.63. The maximum Gasteiger partial charge on any atom is 0.0512 e. The molecule has 1 N–H and O–H groups in total. The Morgan fingerprint density at radius 1 is 1.37 bits per heavy atom. The number of hydrogen-bond donors (Lipinski definition) is 1. The molecule has 1 aromatic rings. The van der Waals surface area contributed by atoms with Crippen LogP contribution in [0, 0.1) is 5.92 Å². The summed E-state index contributed by atoms with van der Waals surface area (Å²) in [4.78, 5) is 0. The first kappa shape index (κ1) is 15.1. The molecule has 0 amide bonds. The molecule has 1 saturated heterocycles. The minimum Gasteiger partial charge on any atom is -0.381 e. The maximum absolute atomic E-state index is 6.25. The molecule has 2 rings (SSSR count). The minimum atomic E-state index is 0.451. The van der Waals surface area contributed by atoms with Crippen molar-refractivity contribution in [3.8, 4) is 0 Å². The Balaban J connectivity index is 2.08. The highest BCUT2D eigenvalue weighted by Gasteiger charge is 2.26. The molecule has 0 unspecified atom stereocenters. The average molecular weight is 302 g/mol. The second kappa shape index (κ2) is 6.94. The maximum atomic E-state index is 6.25. The zero-order valence-electron chi connectivity index (χ0n) is 11.5. The van der Waals surface area contributed by atoms with Gasteiger partial charge in [-0.3, -0.25) is 0 Å². The van der Waals surface area contributed by atoms with E-state index < -0.39 is 0 Å². The van der Waals surface area contributed by atoms with Crippen molar-refractivity contribution in [2.75, 3.05) is 13.2 Å². The van der Waals surface area contributed by atoms with Crippen molar-refractivity contribution in [1.29, 1.82) is 0 Å². The van der Waals surface area contributed by atoms with E-state index in [0.717, 1.165) is 41.7 Å². The smallest absolute Gasteiger partial charge is 0.0512 e. The number of ether oxygens (including phenoxy) is 1. The van der Waals surface area contributed by atoms with Crippen LogP contribution in [0.4, 0.5) is 0 Å². The Kier molecular flexibility index (Phi) is 5.52. The Morgan fingerprint density at radius 3 is 2.89 bits per heavy atom. The van der Waals surface area contributed by atoms with Crippen molar-refractivity contribution >= 4 is 23.2 Å². The van der Waals surface area contributed by atoms with Gasteiger partial charge in [0, 0.05) is 34.7 Å². The number of hydrogen-bond acceptors (Lipinski definition) is 2. The molecule has 1 heterocycles. The molecule has 0 spiro atoms. The van der Waals surface area contributed by atoms with Crippen LogP contribution >= 0.6 is 23.2 Å². The topological polar surface area (TPSA) is 21.3 Å². The molecule has 2 nitrogen and oxygen atoms in total. The Morgan fingerprint density at radius 2 is 2.16 bits per heavy atom. The van der Waals surface area contributed by atoms with E-state index in [1.54, 1.807) is 0 Å². The van der Waals surface area contributed by atoms with Gasteiger partial charge in [0.05, 0.1) is 6.61 Å². The lowest BCUT2D eigenvalue weighted by Crippen LogP contribution is -2.46. The second-order valence-electron chi connectivity index (χ2n) is 5.49. The van der Waals surface area contributed by atoms with Gasteiger partial charge in [-0.25, -0.2) is 0 Å². The van der Waals surface area contributed by atoms with Crippen LogP contribution in [-0.2, 0) is 11.2 Å². The standard InChI is InChI=1S/C15H21Cl2NO/c1-10(2)18-15-5-6-19-9-12(15)7-11-8-13(16)3-4-14(11)17/h3-4,8,10,12,15,18H,5-7,9H2,1-2H3/t12-,15-/m0/s1. The second-order valence-corrected chi connectivity index (χ2v) is 6.34. The lowest BCUT2D eigenvalue weighted by molar-refractivity contribution is 0.0300. The van der Waals surface area contributed by atoms with Crippen molar-refractivity contribution < 1.29 is 4.74 Å². The van der Waals surface area contributed by atoms with Gasteiger partial charge in [-0.15, -0.1) is 0 Å². The van der Waals surface area contributed by atoms with Crippen LogP contribution in [0.1, 0.15) is 25.8 Å². The first-order chi connectivity index (χ1) is 9.06. The van der Waals surface area contributed by atoms with Gasteiger partial charge < -0.3 is 10.1 Å². The van der Waals surface area contributed by atoms with Gasteiger partial charge in [0.15, 0.2) is 0 Å². The zero-order valence-corrected chi connectivity index (χ0v) is 13.0. The quantitative estimate of drug-likeness (QED) is 0.909. The van der Waals surface area contributed by atoms with Gasteiger partial charge in [0.25, 0.3) is 0 Å². The predicted molar refractivity (Wildman–Crippen MR) is 81.2 cm³/mol. The molecule has 106 valence electrons. The van der Waals surface area contributed by atoms with Crippen LogP contribution < -0.4 is 5.32 Å². The normalized spacial score (nSPS) is 23.8. The van der Waals surface area contributed by atoms with Gasteiger partial charge in [-0.05, 0) is 36.6 Å². The van der Waals surface area contributed by atoms with Crippen LogP contribution in [0.5, 0.6) is 0 Å². The van der Waals surface area contributed by atoms with E-state index in [1.807, 2.05) is 18.2 Å². The highest BCUT2D eigenvalue weighted by Crippen LogP contribution is 2.26. The molecule has 1 aliphatic rings.